The van der Waals surface area contributed by atoms with Crippen molar-refractivity contribution in [2.45, 2.75) is 64.6 Å². The first-order valence-electron chi connectivity index (χ1n) is 7.20. The number of alkyl carbamates (subject to hydrolysis) is 1. The monoisotopic (exact) mass is 286 g/mol. The number of hydrogen-bond acceptors (Lipinski definition) is 5. The van der Waals surface area contributed by atoms with E-state index in [0.29, 0.717) is 6.61 Å². The number of amides is 1. The van der Waals surface area contributed by atoms with Crippen molar-refractivity contribution in [1.29, 1.82) is 0 Å². The van der Waals surface area contributed by atoms with Crippen LogP contribution in [0.3, 0.4) is 0 Å². The lowest BCUT2D eigenvalue weighted by Crippen LogP contribution is -2.55. The minimum atomic E-state index is -0.525. The van der Waals surface area contributed by atoms with Crippen molar-refractivity contribution in [1.82, 2.24) is 10.6 Å². The van der Waals surface area contributed by atoms with Crippen LogP contribution in [0.4, 0.5) is 4.79 Å². The Labute approximate surface area is 120 Å². The summed E-state index contributed by atoms with van der Waals surface area (Å²) in [4.78, 5) is 23.4. The summed E-state index contributed by atoms with van der Waals surface area (Å²) in [6, 6.07) is -0.210. The Morgan fingerprint density at radius 3 is 2.65 bits per heavy atom. The molecule has 1 aliphatic heterocycles. The second-order valence-electron chi connectivity index (χ2n) is 5.96. The molecule has 1 rings (SSSR count). The Bertz CT molecular complexity index is 339. The van der Waals surface area contributed by atoms with E-state index in [0.717, 1.165) is 19.4 Å². The summed E-state index contributed by atoms with van der Waals surface area (Å²) < 4.78 is 10.2. The average molecular weight is 286 g/mol. The SMILES string of the molecule is CCOC(=O)C[C@@H]1NCCC[C@@H]1NC(=O)OC(C)(C)C. The molecule has 1 heterocycles. The van der Waals surface area contributed by atoms with Crippen LogP contribution in [0.2, 0.25) is 0 Å². The van der Waals surface area contributed by atoms with Gasteiger partial charge in [0, 0.05) is 12.1 Å². The van der Waals surface area contributed by atoms with E-state index < -0.39 is 11.7 Å². The van der Waals surface area contributed by atoms with Crippen molar-refractivity contribution in [3.05, 3.63) is 0 Å². The number of hydrogen-bond donors (Lipinski definition) is 2. The number of carbonyl (C=O) groups excluding carboxylic acids is 2. The molecule has 0 aliphatic carbocycles. The first-order chi connectivity index (χ1) is 9.31. The zero-order chi connectivity index (χ0) is 15.2. The summed E-state index contributed by atoms with van der Waals surface area (Å²) >= 11 is 0. The van der Waals surface area contributed by atoms with Crippen LogP contribution in [0.15, 0.2) is 0 Å². The second kappa shape index (κ2) is 7.47. The molecule has 116 valence electrons. The van der Waals surface area contributed by atoms with Crippen molar-refractivity contribution in [3.8, 4) is 0 Å². The van der Waals surface area contributed by atoms with Gasteiger partial charge >= 0.3 is 12.1 Å². The van der Waals surface area contributed by atoms with Crippen molar-refractivity contribution in [3.63, 3.8) is 0 Å². The summed E-state index contributed by atoms with van der Waals surface area (Å²) in [5.74, 6) is -0.247. The maximum Gasteiger partial charge on any atom is 0.407 e. The molecule has 0 radical (unpaired) electrons. The van der Waals surface area contributed by atoms with Gasteiger partial charge in [0.1, 0.15) is 5.60 Å². The molecule has 0 unspecified atom stereocenters. The van der Waals surface area contributed by atoms with E-state index in [2.05, 4.69) is 10.6 Å². The summed E-state index contributed by atoms with van der Waals surface area (Å²) in [6.07, 6.45) is 1.60. The van der Waals surface area contributed by atoms with Crippen LogP contribution in [0.25, 0.3) is 0 Å². The number of piperidine rings is 1. The Morgan fingerprint density at radius 2 is 2.05 bits per heavy atom. The van der Waals surface area contributed by atoms with Crippen molar-refractivity contribution in [2.24, 2.45) is 0 Å². The molecule has 6 heteroatoms. The molecule has 1 amide bonds. The molecule has 1 fully saturated rings. The quantitative estimate of drug-likeness (QED) is 0.767. The maximum atomic E-state index is 11.8. The molecule has 0 bridgehead atoms. The summed E-state index contributed by atoms with van der Waals surface area (Å²) in [5.41, 5.74) is -0.525. The predicted molar refractivity (Wildman–Crippen MR) is 75.4 cm³/mol. The molecule has 1 aliphatic rings. The number of rotatable bonds is 4. The Hall–Kier alpha value is -1.30. The van der Waals surface area contributed by atoms with Crippen LogP contribution in [-0.4, -0.2) is 42.9 Å². The van der Waals surface area contributed by atoms with Crippen molar-refractivity contribution >= 4 is 12.1 Å². The van der Waals surface area contributed by atoms with Crippen LogP contribution in [0, 0.1) is 0 Å². The average Bonchev–Trinajstić information content (AvgIpc) is 2.29. The lowest BCUT2D eigenvalue weighted by atomic mass is 9.96. The largest absolute Gasteiger partial charge is 0.466 e. The minimum Gasteiger partial charge on any atom is -0.466 e. The smallest absolute Gasteiger partial charge is 0.407 e. The predicted octanol–water partition coefficient (Wildman–Crippen LogP) is 1.58. The van der Waals surface area contributed by atoms with E-state index in [-0.39, 0.29) is 24.5 Å². The highest BCUT2D eigenvalue weighted by atomic mass is 16.6. The van der Waals surface area contributed by atoms with Gasteiger partial charge in [-0.1, -0.05) is 0 Å². The summed E-state index contributed by atoms with van der Waals surface area (Å²) in [5, 5.41) is 6.10. The molecule has 0 saturated carbocycles. The van der Waals surface area contributed by atoms with E-state index >= 15 is 0 Å². The molecule has 1 saturated heterocycles. The molecule has 20 heavy (non-hydrogen) atoms. The summed E-state index contributed by atoms with van der Waals surface area (Å²) in [6.45, 7) is 8.46. The fraction of sp³-hybridized carbons (Fsp3) is 0.857. The van der Waals surface area contributed by atoms with Gasteiger partial charge in [0.15, 0.2) is 0 Å². The molecule has 0 aromatic rings. The zero-order valence-corrected chi connectivity index (χ0v) is 12.8. The van der Waals surface area contributed by atoms with Gasteiger partial charge in [-0.15, -0.1) is 0 Å². The van der Waals surface area contributed by atoms with E-state index in [4.69, 9.17) is 9.47 Å². The molecule has 2 atom stereocenters. The fourth-order valence-corrected chi connectivity index (χ4v) is 2.20. The highest BCUT2D eigenvalue weighted by Gasteiger charge is 2.29. The third-order valence-electron chi connectivity index (χ3n) is 2.98. The van der Waals surface area contributed by atoms with Crippen LogP contribution in [-0.2, 0) is 14.3 Å². The number of carbonyl (C=O) groups is 2. The fourth-order valence-electron chi connectivity index (χ4n) is 2.20. The standard InChI is InChI=1S/C14H26N2O4/c1-5-19-12(17)9-11-10(7-6-8-15-11)16-13(18)20-14(2,3)4/h10-11,15H,5-9H2,1-4H3,(H,16,18)/t10-,11-/m0/s1. The third-order valence-corrected chi connectivity index (χ3v) is 2.98. The van der Waals surface area contributed by atoms with Crippen LogP contribution in [0.1, 0.15) is 47.0 Å². The molecular formula is C14H26N2O4. The van der Waals surface area contributed by atoms with Gasteiger partial charge < -0.3 is 20.1 Å². The molecular weight excluding hydrogens is 260 g/mol. The van der Waals surface area contributed by atoms with E-state index in [9.17, 15) is 9.59 Å². The number of nitrogens with one attached hydrogen (secondary N) is 2. The summed E-state index contributed by atoms with van der Waals surface area (Å²) in [7, 11) is 0. The highest BCUT2D eigenvalue weighted by molar-refractivity contribution is 5.71. The second-order valence-corrected chi connectivity index (χ2v) is 5.96. The highest BCUT2D eigenvalue weighted by Crippen LogP contribution is 2.14. The first kappa shape index (κ1) is 16.8. The van der Waals surface area contributed by atoms with Crippen LogP contribution >= 0.6 is 0 Å². The Balaban J connectivity index is 2.51. The first-order valence-corrected chi connectivity index (χ1v) is 7.20. The topological polar surface area (TPSA) is 76.7 Å². The normalized spacial score (nSPS) is 23.0. The molecule has 2 N–H and O–H groups in total. The lowest BCUT2D eigenvalue weighted by Gasteiger charge is -2.33. The van der Waals surface area contributed by atoms with Gasteiger partial charge in [-0.3, -0.25) is 4.79 Å². The third kappa shape index (κ3) is 6.23. The van der Waals surface area contributed by atoms with Gasteiger partial charge in [-0.2, -0.15) is 0 Å². The van der Waals surface area contributed by atoms with E-state index in [1.807, 2.05) is 20.8 Å². The van der Waals surface area contributed by atoms with Crippen LogP contribution in [0.5, 0.6) is 0 Å². The van der Waals surface area contributed by atoms with E-state index in [1.165, 1.54) is 0 Å². The Morgan fingerprint density at radius 1 is 1.35 bits per heavy atom. The van der Waals surface area contributed by atoms with Gasteiger partial charge in [-0.25, -0.2) is 4.79 Å². The van der Waals surface area contributed by atoms with Crippen molar-refractivity contribution < 1.29 is 19.1 Å². The zero-order valence-electron chi connectivity index (χ0n) is 12.8. The number of esters is 1. The lowest BCUT2D eigenvalue weighted by molar-refractivity contribution is -0.144. The van der Waals surface area contributed by atoms with Crippen molar-refractivity contribution in [2.75, 3.05) is 13.2 Å². The van der Waals surface area contributed by atoms with Gasteiger partial charge in [0.25, 0.3) is 0 Å². The Kier molecular flexibility index (Phi) is 6.26. The van der Waals surface area contributed by atoms with Gasteiger partial charge in [-0.05, 0) is 47.1 Å². The molecule has 6 nitrogen and oxygen atoms in total. The van der Waals surface area contributed by atoms with E-state index in [1.54, 1.807) is 6.92 Å². The molecule has 0 aromatic carbocycles. The van der Waals surface area contributed by atoms with Crippen LogP contribution < -0.4 is 10.6 Å². The minimum absolute atomic E-state index is 0.102. The van der Waals surface area contributed by atoms with Gasteiger partial charge in [0.05, 0.1) is 13.0 Å². The maximum absolute atomic E-state index is 11.8. The molecule has 0 spiro atoms. The van der Waals surface area contributed by atoms with Gasteiger partial charge in [0.2, 0.25) is 0 Å². The number of ether oxygens (including phenoxy) is 2. The molecule has 0 aromatic heterocycles.